The second-order valence-corrected chi connectivity index (χ2v) is 7.11. The molecule has 19 heavy (non-hydrogen) atoms. The van der Waals surface area contributed by atoms with Crippen LogP contribution in [0, 0.1) is 0 Å². The quantitative estimate of drug-likeness (QED) is 0.794. The van der Waals surface area contributed by atoms with Gasteiger partial charge < -0.3 is 5.32 Å². The highest BCUT2D eigenvalue weighted by Gasteiger charge is 2.15. The summed E-state index contributed by atoms with van der Waals surface area (Å²) in [5, 5.41) is 3.34. The highest BCUT2D eigenvalue weighted by molar-refractivity contribution is 7.89. The molecule has 0 aliphatic rings. The van der Waals surface area contributed by atoms with Crippen molar-refractivity contribution in [2.75, 3.05) is 26.4 Å². The molecule has 0 spiro atoms. The third-order valence-electron chi connectivity index (χ3n) is 3.09. The summed E-state index contributed by atoms with van der Waals surface area (Å²) in [4.78, 5) is 0. The number of hydrogen-bond acceptors (Lipinski definition) is 3. The van der Waals surface area contributed by atoms with Crippen molar-refractivity contribution in [3.63, 3.8) is 0 Å². The van der Waals surface area contributed by atoms with Crippen LogP contribution in [0.4, 0.5) is 0 Å². The van der Waals surface area contributed by atoms with E-state index in [9.17, 15) is 8.42 Å². The molecule has 0 saturated carbocycles. The molecular formula is C14H24N2O2S. The van der Waals surface area contributed by atoms with Gasteiger partial charge in [0.05, 0.1) is 5.75 Å². The van der Waals surface area contributed by atoms with Crippen LogP contribution >= 0.6 is 0 Å². The summed E-state index contributed by atoms with van der Waals surface area (Å²) in [5.74, 6) is 0.132. The van der Waals surface area contributed by atoms with Gasteiger partial charge in [-0.25, -0.2) is 12.7 Å². The molecule has 5 heteroatoms. The molecule has 0 amide bonds. The Bertz CT molecular complexity index is 458. The zero-order valence-electron chi connectivity index (χ0n) is 12.0. The number of nitrogens with one attached hydrogen (secondary N) is 1. The predicted molar refractivity (Wildman–Crippen MR) is 79.6 cm³/mol. The molecule has 0 heterocycles. The Hall–Kier alpha value is -0.910. The van der Waals surface area contributed by atoms with E-state index < -0.39 is 10.0 Å². The summed E-state index contributed by atoms with van der Waals surface area (Å²) in [5.41, 5.74) is 1.21. The zero-order chi connectivity index (χ0) is 14.3. The van der Waals surface area contributed by atoms with Crippen molar-refractivity contribution in [2.45, 2.75) is 25.8 Å². The molecular weight excluding hydrogens is 260 g/mol. The summed E-state index contributed by atoms with van der Waals surface area (Å²) >= 11 is 0. The third kappa shape index (κ3) is 5.30. The fourth-order valence-corrected chi connectivity index (χ4v) is 2.65. The summed E-state index contributed by atoms with van der Waals surface area (Å²) in [6.45, 7) is 2.61. The average Bonchev–Trinajstić information content (AvgIpc) is 2.38. The fourth-order valence-electron chi connectivity index (χ4n) is 1.91. The summed E-state index contributed by atoms with van der Waals surface area (Å²) in [6, 6.07) is 10.4. The summed E-state index contributed by atoms with van der Waals surface area (Å²) in [6.07, 6.45) is 2.07. The molecule has 0 bridgehead atoms. The number of nitrogens with zero attached hydrogens (tertiary/aromatic N) is 1. The monoisotopic (exact) mass is 284 g/mol. The molecule has 1 aromatic rings. The molecule has 1 rings (SSSR count). The van der Waals surface area contributed by atoms with Crippen molar-refractivity contribution in [2.24, 2.45) is 0 Å². The lowest BCUT2D eigenvalue weighted by molar-refractivity contribution is 0.491. The topological polar surface area (TPSA) is 49.4 Å². The van der Waals surface area contributed by atoms with Crippen LogP contribution in [0.2, 0.25) is 0 Å². The minimum atomic E-state index is -3.12. The second kappa shape index (κ2) is 7.62. The Kier molecular flexibility index (Phi) is 6.48. The minimum Gasteiger partial charge on any atom is -0.309 e. The highest BCUT2D eigenvalue weighted by atomic mass is 32.2. The molecule has 0 aliphatic carbocycles. The fraction of sp³-hybridized carbons (Fsp3) is 0.571. The summed E-state index contributed by atoms with van der Waals surface area (Å²) in [7, 11) is 0.0109. The Balaban J connectivity index is 2.57. The van der Waals surface area contributed by atoms with Crippen LogP contribution < -0.4 is 5.32 Å². The van der Waals surface area contributed by atoms with E-state index in [4.69, 9.17) is 0 Å². The molecule has 108 valence electrons. The van der Waals surface area contributed by atoms with Gasteiger partial charge in [0, 0.05) is 26.7 Å². The van der Waals surface area contributed by atoms with Gasteiger partial charge in [0.15, 0.2) is 0 Å². The van der Waals surface area contributed by atoms with E-state index in [1.807, 2.05) is 18.2 Å². The molecule has 0 saturated heterocycles. The van der Waals surface area contributed by atoms with Gasteiger partial charge >= 0.3 is 0 Å². The lowest BCUT2D eigenvalue weighted by Gasteiger charge is -2.19. The van der Waals surface area contributed by atoms with E-state index >= 15 is 0 Å². The molecule has 1 unspecified atom stereocenters. The first-order chi connectivity index (χ1) is 8.97. The highest BCUT2D eigenvalue weighted by Crippen LogP contribution is 2.17. The predicted octanol–water partition coefficient (Wildman–Crippen LogP) is 2.01. The molecule has 0 fully saturated rings. The van der Waals surface area contributed by atoms with E-state index in [2.05, 4.69) is 24.4 Å². The Labute approximate surface area is 116 Å². The first-order valence-corrected chi connectivity index (χ1v) is 8.27. The van der Waals surface area contributed by atoms with Gasteiger partial charge in [-0.2, -0.15) is 0 Å². The van der Waals surface area contributed by atoms with Gasteiger partial charge in [-0.05, 0) is 12.0 Å². The van der Waals surface area contributed by atoms with Gasteiger partial charge in [0.25, 0.3) is 0 Å². The molecule has 1 N–H and O–H groups in total. The smallest absolute Gasteiger partial charge is 0.214 e. The SMILES string of the molecule is CCCC(NCCS(=O)(=O)N(C)C)c1ccccc1. The minimum absolute atomic E-state index is 0.132. The Morgan fingerprint density at radius 2 is 1.84 bits per heavy atom. The largest absolute Gasteiger partial charge is 0.309 e. The number of benzene rings is 1. The summed E-state index contributed by atoms with van der Waals surface area (Å²) < 4.78 is 24.7. The van der Waals surface area contributed by atoms with Crippen LogP contribution in [0.15, 0.2) is 30.3 Å². The molecule has 4 nitrogen and oxygen atoms in total. The van der Waals surface area contributed by atoms with Crippen LogP contribution in [0.5, 0.6) is 0 Å². The maximum Gasteiger partial charge on any atom is 0.214 e. The standard InChI is InChI=1S/C14H24N2O2S/c1-4-8-14(13-9-6-5-7-10-13)15-11-12-19(17,18)16(2)3/h5-7,9-10,14-15H,4,8,11-12H2,1-3H3. The van der Waals surface area contributed by atoms with E-state index in [0.29, 0.717) is 6.54 Å². The van der Waals surface area contributed by atoms with Crippen molar-refractivity contribution >= 4 is 10.0 Å². The Morgan fingerprint density at radius 3 is 2.37 bits per heavy atom. The third-order valence-corrected chi connectivity index (χ3v) is 4.92. The first kappa shape index (κ1) is 16.1. The van der Waals surface area contributed by atoms with Crippen LogP contribution in [0.25, 0.3) is 0 Å². The van der Waals surface area contributed by atoms with Crippen LogP contribution in [0.3, 0.4) is 0 Å². The molecule has 0 aliphatic heterocycles. The van der Waals surface area contributed by atoms with Gasteiger partial charge in [-0.1, -0.05) is 43.7 Å². The van der Waals surface area contributed by atoms with Crippen molar-refractivity contribution in [1.82, 2.24) is 9.62 Å². The maximum absolute atomic E-state index is 11.7. The number of sulfonamides is 1. The lowest BCUT2D eigenvalue weighted by Crippen LogP contribution is -2.32. The van der Waals surface area contributed by atoms with Crippen molar-refractivity contribution < 1.29 is 8.42 Å². The number of rotatable bonds is 8. The lowest BCUT2D eigenvalue weighted by atomic mass is 10.0. The van der Waals surface area contributed by atoms with Crippen LogP contribution in [-0.2, 0) is 10.0 Å². The van der Waals surface area contributed by atoms with Crippen molar-refractivity contribution in [3.05, 3.63) is 35.9 Å². The van der Waals surface area contributed by atoms with Gasteiger partial charge in [-0.3, -0.25) is 0 Å². The maximum atomic E-state index is 11.7. The normalized spacial score (nSPS) is 13.7. The van der Waals surface area contributed by atoms with Crippen LogP contribution in [0.1, 0.15) is 31.4 Å². The van der Waals surface area contributed by atoms with Crippen molar-refractivity contribution in [3.8, 4) is 0 Å². The molecule has 0 radical (unpaired) electrons. The first-order valence-electron chi connectivity index (χ1n) is 6.66. The number of hydrogen-bond donors (Lipinski definition) is 1. The van der Waals surface area contributed by atoms with Crippen LogP contribution in [-0.4, -0.2) is 39.1 Å². The Morgan fingerprint density at radius 1 is 1.21 bits per heavy atom. The molecule has 1 atom stereocenters. The van der Waals surface area contributed by atoms with Crippen molar-refractivity contribution in [1.29, 1.82) is 0 Å². The zero-order valence-corrected chi connectivity index (χ0v) is 12.8. The second-order valence-electron chi connectivity index (χ2n) is 4.80. The van der Waals surface area contributed by atoms with E-state index in [1.165, 1.54) is 9.87 Å². The molecule has 0 aromatic heterocycles. The van der Waals surface area contributed by atoms with Gasteiger partial charge in [-0.15, -0.1) is 0 Å². The van der Waals surface area contributed by atoms with Gasteiger partial charge in [0.2, 0.25) is 10.0 Å². The van der Waals surface area contributed by atoms with E-state index in [0.717, 1.165) is 12.8 Å². The molecule has 1 aromatic carbocycles. The van der Waals surface area contributed by atoms with Gasteiger partial charge in [0.1, 0.15) is 0 Å². The van der Waals surface area contributed by atoms with E-state index in [1.54, 1.807) is 14.1 Å². The van der Waals surface area contributed by atoms with E-state index in [-0.39, 0.29) is 11.8 Å². The average molecular weight is 284 g/mol.